The van der Waals surface area contributed by atoms with Crippen molar-refractivity contribution in [3.8, 4) is 0 Å². The van der Waals surface area contributed by atoms with Gasteiger partial charge in [0.05, 0.1) is 6.42 Å². The minimum atomic E-state index is -2.99. The fourth-order valence-corrected chi connectivity index (χ4v) is 7.12. The molecule has 27 heavy (non-hydrogen) atoms. The summed E-state index contributed by atoms with van der Waals surface area (Å²) in [5.41, 5.74) is -1.01. The highest BCUT2D eigenvalue weighted by Gasteiger charge is 2.48. The molecule has 0 bridgehead atoms. The van der Waals surface area contributed by atoms with E-state index in [1.165, 1.54) is 7.05 Å². The van der Waals surface area contributed by atoms with Crippen molar-refractivity contribution in [3.63, 3.8) is 0 Å². The number of hydroxylamine groups is 2. The third-order valence-electron chi connectivity index (χ3n) is 4.35. The molecular weight excluding hydrogens is 364 g/mol. The van der Waals surface area contributed by atoms with Gasteiger partial charge < -0.3 is 9.16 Å². The van der Waals surface area contributed by atoms with Crippen LogP contribution in [-0.2, 0) is 14.0 Å². The van der Waals surface area contributed by atoms with Gasteiger partial charge in [0.25, 0.3) is 0 Å². The number of hydrogen-bond acceptors (Lipinski definition) is 6. The Bertz CT molecular complexity index is 521. The van der Waals surface area contributed by atoms with E-state index in [2.05, 4.69) is 25.7 Å². The van der Waals surface area contributed by atoms with Crippen molar-refractivity contribution < 1.29 is 24.0 Å². The summed E-state index contributed by atoms with van der Waals surface area (Å²) in [4.78, 5) is 27.3. The van der Waals surface area contributed by atoms with Crippen LogP contribution < -0.4 is 0 Å². The van der Waals surface area contributed by atoms with E-state index < -0.39 is 26.1 Å². The van der Waals surface area contributed by atoms with Gasteiger partial charge in [-0.3, -0.25) is 19.7 Å². The van der Waals surface area contributed by atoms with Crippen molar-refractivity contribution in [3.05, 3.63) is 0 Å². The molecule has 1 aliphatic rings. The van der Waals surface area contributed by atoms with Crippen molar-refractivity contribution in [1.29, 1.82) is 0 Å². The average molecular weight is 403 g/mol. The second-order valence-electron chi connectivity index (χ2n) is 9.91. The molecule has 1 heterocycles. The van der Waals surface area contributed by atoms with Gasteiger partial charge in [-0.05, 0) is 51.6 Å². The molecule has 1 saturated heterocycles. The van der Waals surface area contributed by atoms with E-state index in [1.807, 2.05) is 27.3 Å². The molecule has 0 aliphatic carbocycles. The van der Waals surface area contributed by atoms with Gasteiger partial charge in [0.15, 0.2) is 0 Å². The molecule has 2 unspecified atom stereocenters. The summed E-state index contributed by atoms with van der Waals surface area (Å²) in [6, 6.07) is 0.586. The molecule has 7 nitrogen and oxygen atoms in total. The van der Waals surface area contributed by atoms with Crippen LogP contribution >= 0.6 is 0 Å². The molecule has 1 rings (SSSR count). The van der Waals surface area contributed by atoms with Crippen molar-refractivity contribution in [2.75, 3.05) is 20.1 Å². The van der Waals surface area contributed by atoms with E-state index >= 15 is 0 Å². The Morgan fingerprint density at radius 1 is 1.15 bits per heavy atom. The molecule has 1 aliphatic heterocycles. The summed E-state index contributed by atoms with van der Waals surface area (Å²) in [5, 5.41) is 10.1. The van der Waals surface area contributed by atoms with E-state index in [-0.39, 0.29) is 17.4 Å². The van der Waals surface area contributed by atoms with Gasteiger partial charge in [0.1, 0.15) is 11.8 Å². The molecule has 1 amide bonds. The van der Waals surface area contributed by atoms with Crippen LogP contribution in [0.1, 0.15) is 60.8 Å². The van der Waals surface area contributed by atoms with Crippen molar-refractivity contribution in [2.45, 2.75) is 85.2 Å². The number of hydrogen-bond donors (Lipinski definition) is 1. The second-order valence-corrected chi connectivity index (χ2v) is 13.4. The quantitative estimate of drug-likeness (QED) is 0.396. The highest BCUT2D eigenvalue weighted by Crippen LogP contribution is 2.33. The lowest BCUT2D eigenvalue weighted by Crippen LogP contribution is -2.55. The maximum atomic E-state index is 13.1. The third kappa shape index (κ3) is 8.29. The number of likely N-dealkylation sites (tertiary alicyclic amines) is 1. The summed E-state index contributed by atoms with van der Waals surface area (Å²) >= 11 is 0. The SMILES string of the molecule is CN(O)C(=O)CC(O[Si](C)(CC(C)(C)C)C(=O)OC(C)(C)C)N1CCCC1. The minimum absolute atomic E-state index is 0.0164. The number of rotatable bonds is 7. The number of carbonyl (C=O) groups is 2. The topological polar surface area (TPSA) is 79.3 Å². The van der Waals surface area contributed by atoms with E-state index in [0.29, 0.717) is 11.1 Å². The first-order chi connectivity index (χ1) is 12.1. The van der Waals surface area contributed by atoms with Crippen molar-refractivity contribution in [1.82, 2.24) is 9.96 Å². The minimum Gasteiger partial charge on any atom is -0.462 e. The molecule has 0 saturated carbocycles. The number of amides is 1. The van der Waals surface area contributed by atoms with Crippen LogP contribution in [-0.4, -0.2) is 67.0 Å². The largest absolute Gasteiger partial charge is 0.462 e. The van der Waals surface area contributed by atoms with E-state index in [1.54, 1.807) is 0 Å². The Morgan fingerprint density at radius 2 is 1.67 bits per heavy atom. The Kier molecular flexibility index (Phi) is 8.05. The fraction of sp³-hybridized carbons (Fsp3) is 0.895. The monoisotopic (exact) mass is 402 g/mol. The molecule has 0 radical (unpaired) electrons. The summed E-state index contributed by atoms with van der Waals surface area (Å²) < 4.78 is 12.2. The highest BCUT2D eigenvalue weighted by molar-refractivity contribution is 6.99. The van der Waals surface area contributed by atoms with Crippen LogP contribution in [0.2, 0.25) is 12.6 Å². The molecule has 8 heteroatoms. The van der Waals surface area contributed by atoms with E-state index in [9.17, 15) is 14.8 Å². The predicted octanol–water partition coefficient (Wildman–Crippen LogP) is 3.80. The Labute approximate surface area is 165 Å². The van der Waals surface area contributed by atoms with E-state index in [0.717, 1.165) is 25.9 Å². The first-order valence-corrected chi connectivity index (χ1v) is 12.4. The molecule has 2 atom stereocenters. The lowest BCUT2D eigenvalue weighted by Gasteiger charge is -2.39. The molecule has 0 spiro atoms. The maximum absolute atomic E-state index is 13.1. The van der Waals surface area contributed by atoms with Crippen LogP contribution in [0.3, 0.4) is 0 Å². The Morgan fingerprint density at radius 3 is 2.07 bits per heavy atom. The molecular formula is C19H38N2O5Si. The van der Waals surface area contributed by atoms with Gasteiger partial charge >= 0.3 is 13.9 Å². The third-order valence-corrected chi connectivity index (χ3v) is 7.85. The molecule has 0 aromatic carbocycles. The number of carbonyl (C=O) groups excluding carboxylic acids is 2. The van der Waals surface area contributed by atoms with Gasteiger partial charge in [0, 0.05) is 20.1 Å². The highest BCUT2D eigenvalue weighted by atomic mass is 28.4. The summed E-state index contributed by atoms with van der Waals surface area (Å²) in [6.45, 7) is 15.3. The summed E-state index contributed by atoms with van der Waals surface area (Å²) in [6.07, 6.45) is 1.56. The first kappa shape index (κ1) is 24.1. The summed E-state index contributed by atoms with van der Waals surface area (Å²) in [5.74, 6) is -0.428. The van der Waals surface area contributed by atoms with E-state index in [4.69, 9.17) is 9.16 Å². The molecule has 0 aromatic heterocycles. The van der Waals surface area contributed by atoms with Crippen LogP contribution in [0.4, 0.5) is 4.79 Å². The maximum Gasteiger partial charge on any atom is 0.316 e. The average Bonchev–Trinajstić information content (AvgIpc) is 2.96. The van der Waals surface area contributed by atoms with Gasteiger partial charge in [-0.25, -0.2) is 5.06 Å². The first-order valence-electron chi connectivity index (χ1n) is 9.74. The molecule has 0 aromatic rings. The van der Waals surface area contributed by atoms with Crippen molar-refractivity contribution in [2.24, 2.45) is 5.41 Å². The number of nitrogens with zero attached hydrogens (tertiary/aromatic N) is 2. The molecule has 158 valence electrons. The summed E-state index contributed by atoms with van der Waals surface area (Å²) in [7, 11) is -1.68. The Balaban J connectivity index is 3.11. The molecule has 1 N–H and O–H groups in total. The zero-order valence-electron chi connectivity index (χ0n) is 18.3. The van der Waals surface area contributed by atoms with Crippen LogP contribution in [0, 0.1) is 5.41 Å². The zero-order valence-corrected chi connectivity index (χ0v) is 19.3. The standard InChI is InChI=1S/C19H38N2O5Si/c1-18(2,3)14-27(8,17(23)25-19(4,5)6)26-16(13-15(22)20(7)24)21-11-9-10-12-21/h16,24H,9-14H2,1-8H3. The van der Waals surface area contributed by atoms with Gasteiger partial charge in [-0.2, -0.15) is 0 Å². The van der Waals surface area contributed by atoms with Gasteiger partial charge in [-0.15, -0.1) is 0 Å². The normalized spacial score (nSPS) is 19.4. The lowest BCUT2D eigenvalue weighted by molar-refractivity contribution is -0.163. The smallest absolute Gasteiger partial charge is 0.316 e. The van der Waals surface area contributed by atoms with Gasteiger partial charge in [0.2, 0.25) is 5.91 Å². The van der Waals surface area contributed by atoms with Crippen LogP contribution in [0.25, 0.3) is 0 Å². The van der Waals surface area contributed by atoms with Crippen LogP contribution in [0.15, 0.2) is 0 Å². The van der Waals surface area contributed by atoms with Crippen LogP contribution in [0.5, 0.6) is 0 Å². The Hall–Kier alpha value is -0.963. The lowest BCUT2D eigenvalue weighted by atomic mass is 10.0. The van der Waals surface area contributed by atoms with Gasteiger partial charge in [-0.1, -0.05) is 20.8 Å². The zero-order chi connectivity index (χ0) is 21.0. The fourth-order valence-electron chi connectivity index (χ4n) is 3.42. The predicted molar refractivity (Wildman–Crippen MR) is 107 cm³/mol. The molecule has 1 fully saturated rings. The van der Waals surface area contributed by atoms with Crippen molar-refractivity contribution >= 4 is 19.8 Å². The number of ether oxygens (including phenoxy) is 1. The second kappa shape index (κ2) is 9.02.